The summed E-state index contributed by atoms with van der Waals surface area (Å²) < 4.78 is 30.2. The van der Waals surface area contributed by atoms with Gasteiger partial charge in [0.2, 0.25) is 0 Å². The van der Waals surface area contributed by atoms with E-state index in [0.29, 0.717) is 0 Å². The Kier molecular flexibility index (Phi) is 4.40. The van der Waals surface area contributed by atoms with E-state index in [1.165, 1.54) is 6.07 Å². The van der Waals surface area contributed by atoms with E-state index in [1.807, 2.05) is 30.3 Å². The SMILES string of the molecule is C[C@H]1[C@H](c2ccccc2)[C@]1(NS(=O)(=O)c1ccc(-c2cnn(C)c2)s1)C(=O)O. The highest BCUT2D eigenvalue weighted by Crippen LogP contribution is 2.58. The number of carboxylic acids is 1. The molecule has 0 saturated heterocycles. The van der Waals surface area contributed by atoms with Crippen molar-refractivity contribution in [1.82, 2.24) is 14.5 Å². The number of aryl methyl sites for hydroxylation is 1. The number of nitrogens with zero attached hydrogens (tertiary/aromatic N) is 2. The van der Waals surface area contributed by atoms with Gasteiger partial charge in [-0.2, -0.15) is 9.82 Å². The molecule has 2 N–H and O–H groups in total. The number of rotatable bonds is 6. The summed E-state index contributed by atoms with van der Waals surface area (Å²) in [6, 6.07) is 12.3. The third-order valence-electron chi connectivity index (χ3n) is 5.25. The molecule has 2 aromatic heterocycles. The van der Waals surface area contributed by atoms with Gasteiger partial charge in [0, 0.05) is 29.6 Å². The van der Waals surface area contributed by atoms with E-state index in [9.17, 15) is 18.3 Å². The summed E-state index contributed by atoms with van der Waals surface area (Å²) in [4.78, 5) is 12.8. The summed E-state index contributed by atoms with van der Waals surface area (Å²) in [5, 5.41) is 14.0. The molecule has 0 amide bonds. The standard InChI is InChI=1S/C19H19N3O4S2/c1-12-17(13-6-4-3-5-7-13)19(12,18(23)24)21-28(25,26)16-9-8-15(27-16)14-10-20-22(2)11-14/h3-12,17,21H,1-2H3,(H,23,24)/t12-,17+,19-/m0/s1. The second-order valence-electron chi connectivity index (χ2n) is 6.98. The first-order valence-electron chi connectivity index (χ1n) is 8.67. The van der Waals surface area contributed by atoms with Crippen LogP contribution in [0.25, 0.3) is 10.4 Å². The summed E-state index contributed by atoms with van der Waals surface area (Å²) in [5.74, 6) is -1.94. The van der Waals surface area contributed by atoms with Crippen molar-refractivity contribution in [2.24, 2.45) is 13.0 Å². The number of aliphatic carboxylic acids is 1. The predicted octanol–water partition coefficient (Wildman–Crippen LogP) is 2.68. The van der Waals surface area contributed by atoms with E-state index in [-0.39, 0.29) is 10.1 Å². The molecule has 3 aromatic rings. The lowest BCUT2D eigenvalue weighted by molar-refractivity contribution is -0.140. The Bertz CT molecular complexity index is 1140. The van der Waals surface area contributed by atoms with E-state index >= 15 is 0 Å². The first kappa shape index (κ1) is 18.9. The van der Waals surface area contributed by atoms with Crippen LogP contribution in [-0.2, 0) is 21.9 Å². The van der Waals surface area contributed by atoms with E-state index in [2.05, 4.69) is 9.82 Å². The summed E-state index contributed by atoms with van der Waals surface area (Å²) >= 11 is 1.09. The zero-order valence-electron chi connectivity index (χ0n) is 15.2. The summed E-state index contributed by atoms with van der Waals surface area (Å²) in [6.45, 7) is 1.75. The average molecular weight is 418 g/mol. The van der Waals surface area contributed by atoms with Crippen molar-refractivity contribution in [2.45, 2.75) is 22.6 Å². The lowest BCUT2D eigenvalue weighted by Gasteiger charge is -2.15. The number of carbonyl (C=O) groups is 1. The van der Waals surface area contributed by atoms with Gasteiger partial charge >= 0.3 is 5.97 Å². The summed E-state index contributed by atoms with van der Waals surface area (Å²) in [6.07, 6.45) is 3.45. The maximum absolute atomic E-state index is 13.0. The van der Waals surface area contributed by atoms with Crippen molar-refractivity contribution in [1.29, 1.82) is 0 Å². The molecule has 1 aromatic carbocycles. The molecule has 1 fully saturated rings. The largest absolute Gasteiger partial charge is 0.480 e. The molecule has 0 unspecified atom stereocenters. The van der Waals surface area contributed by atoms with Crippen LogP contribution in [0.1, 0.15) is 18.4 Å². The van der Waals surface area contributed by atoms with Crippen molar-refractivity contribution in [2.75, 3.05) is 0 Å². The molecule has 0 spiro atoms. The van der Waals surface area contributed by atoms with Crippen LogP contribution in [0.5, 0.6) is 0 Å². The normalized spacial score (nSPS) is 24.2. The fraction of sp³-hybridized carbons (Fsp3) is 0.263. The topological polar surface area (TPSA) is 101 Å². The molecule has 1 saturated carbocycles. The Morgan fingerprint density at radius 3 is 2.57 bits per heavy atom. The number of hydrogen-bond acceptors (Lipinski definition) is 5. The van der Waals surface area contributed by atoms with Gasteiger partial charge in [0.1, 0.15) is 9.75 Å². The summed E-state index contributed by atoms with van der Waals surface area (Å²) in [5.41, 5.74) is 0.0738. The Labute approximate surface area is 166 Å². The number of benzene rings is 1. The zero-order chi connectivity index (χ0) is 20.1. The minimum absolute atomic E-state index is 0.0814. The lowest BCUT2D eigenvalue weighted by Crippen LogP contribution is -2.45. The third kappa shape index (κ3) is 2.95. The van der Waals surface area contributed by atoms with Crippen molar-refractivity contribution in [3.05, 3.63) is 60.4 Å². The highest BCUT2D eigenvalue weighted by Gasteiger charge is 2.70. The fourth-order valence-corrected chi connectivity index (χ4v) is 6.48. The second-order valence-corrected chi connectivity index (χ2v) is 9.97. The Morgan fingerprint density at radius 1 is 1.25 bits per heavy atom. The van der Waals surface area contributed by atoms with Gasteiger partial charge < -0.3 is 5.11 Å². The van der Waals surface area contributed by atoms with Crippen LogP contribution in [-0.4, -0.2) is 34.8 Å². The summed E-state index contributed by atoms with van der Waals surface area (Å²) in [7, 11) is -2.21. The van der Waals surface area contributed by atoms with Gasteiger partial charge in [-0.1, -0.05) is 37.3 Å². The van der Waals surface area contributed by atoms with Crippen molar-refractivity contribution >= 4 is 27.3 Å². The first-order chi connectivity index (χ1) is 13.3. The molecule has 0 radical (unpaired) electrons. The van der Waals surface area contributed by atoms with Gasteiger partial charge in [0.05, 0.1) is 6.20 Å². The first-order valence-corrected chi connectivity index (χ1v) is 11.0. The highest BCUT2D eigenvalue weighted by atomic mass is 32.2. The van der Waals surface area contributed by atoms with Crippen LogP contribution in [0.2, 0.25) is 0 Å². The minimum Gasteiger partial charge on any atom is -0.480 e. The molecule has 2 heterocycles. The number of aromatic nitrogens is 2. The highest BCUT2D eigenvalue weighted by molar-refractivity contribution is 7.91. The Balaban J connectivity index is 1.65. The van der Waals surface area contributed by atoms with Gasteiger partial charge in [-0.25, -0.2) is 8.42 Å². The van der Waals surface area contributed by atoms with E-state index in [4.69, 9.17) is 0 Å². The van der Waals surface area contributed by atoms with Crippen LogP contribution in [0.4, 0.5) is 0 Å². The van der Waals surface area contributed by atoms with Crippen molar-refractivity contribution < 1.29 is 18.3 Å². The van der Waals surface area contributed by atoms with E-state index in [0.717, 1.165) is 27.3 Å². The van der Waals surface area contributed by atoms with Gasteiger partial charge in [-0.3, -0.25) is 9.48 Å². The Hall–Kier alpha value is -2.49. The number of sulfonamides is 1. The molecule has 28 heavy (non-hydrogen) atoms. The molecule has 9 heteroatoms. The van der Waals surface area contributed by atoms with Gasteiger partial charge in [-0.05, 0) is 23.6 Å². The smallest absolute Gasteiger partial charge is 0.325 e. The van der Waals surface area contributed by atoms with Crippen molar-refractivity contribution in [3.8, 4) is 10.4 Å². The molecule has 3 atom stereocenters. The molecule has 7 nitrogen and oxygen atoms in total. The fourth-order valence-electron chi connectivity index (χ4n) is 3.74. The number of carboxylic acid groups (broad SMARTS) is 1. The van der Waals surface area contributed by atoms with Gasteiger partial charge in [0.25, 0.3) is 10.0 Å². The third-order valence-corrected chi connectivity index (χ3v) is 8.36. The monoisotopic (exact) mass is 417 g/mol. The molecule has 1 aliphatic carbocycles. The van der Waals surface area contributed by atoms with Crippen LogP contribution >= 0.6 is 11.3 Å². The molecular weight excluding hydrogens is 398 g/mol. The Morgan fingerprint density at radius 2 is 1.96 bits per heavy atom. The maximum Gasteiger partial charge on any atom is 0.325 e. The second kappa shape index (κ2) is 6.54. The van der Waals surface area contributed by atoms with Crippen LogP contribution in [0, 0.1) is 5.92 Å². The molecule has 4 rings (SSSR count). The molecular formula is C19H19N3O4S2. The predicted molar refractivity (Wildman–Crippen MR) is 106 cm³/mol. The quantitative estimate of drug-likeness (QED) is 0.642. The molecule has 0 aliphatic heterocycles. The molecule has 0 bridgehead atoms. The molecule has 146 valence electrons. The maximum atomic E-state index is 13.0. The van der Waals surface area contributed by atoms with Crippen molar-refractivity contribution in [3.63, 3.8) is 0 Å². The van der Waals surface area contributed by atoms with E-state index < -0.39 is 27.4 Å². The average Bonchev–Trinajstić information content (AvgIpc) is 3.06. The number of nitrogens with one attached hydrogen (secondary N) is 1. The van der Waals surface area contributed by atoms with Gasteiger partial charge in [-0.15, -0.1) is 11.3 Å². The van der Waals surface area contributed by atoms with E-state index in [1.54, 1.807) is 37.1 Å². The molecule has 1 aliphatic rings. The zero-order valence-corrected chi connectivity index (χ0v) is 16.9. The lowest BCUT2D eigenvalue weighted by atomic mass is 10.1. The minimum atomic E-state index is -3.99. The number of hydrogen-bond donors (Lipinski definition) is 2. The van der Waals surface area contributed by atoms with Gasteiger partial charge in [0.15, 0.2) is 0 Å². The van der Waals surface area contributed by atoms with Crippen LogP contribution < -0.4 is 4.72 Å². The number of thiophene rings is 1. The van der Waals surface area contributed by atoms with Crippen LogP contribution in [0.3, 0.4) is 0 Å². The van der Waals surface area contributed by atoms with Crippen LogP contribution in [0.15, 0.2) is 59.1 Å².